The first kappa shape index (κ1) is 26.0. The quantitative estimate of drug-likeness (QED) is 0.170. The van der Waals surface area contributed by atoms with Gasteiger partial charge in [-0.15, -0.1) is 17.8 Å². The van der Waals surface area contributed by atoms with Crippen LogP contribution in [-0.4, -0.2) is 21.1 Å². The van der Waals surface area contributed by atoms with Gasteiger partial charge in [0.2, 0.25) is 0 Å². The Morgan fingerprint density at radius 1 is 1.13 bits per heavy atom. The maximum atomic E-state index is 14.0. The fourth-order valence-electron chi connectivity index (χ4n) is 5.54. The molecule has 2 aromatic carbocycles. The highest BCUT2D eigenvalue weighted by atomic mass is 32.1. The maximum absolute atomic E-state index is 14.0. The first-order chi connectivity index (χ1) is 18.4. The van der Waals surface area contributed by atoms with E-state index in [-0.39, 0.29) is 29.1 Å². The maximum Gasteiger partial charge on any atom is 0.264 e. The van der Waals surface area contributed by atoms with Crippen LogP contribution in [0.25, 0.3) is 22.4 Å². The molecule has 2 atom stereocenters. The Labute approximate surface area is 224 Å². The highest BCUT2D eigenvalue weighted by Crippen LogP contribution is 2.41. The van der Waals surface area contributed by atoms with Crippen LogP contribution in [0.1, 0.15) is 88.4 Å². The molecule has 4 nitrogen and oxygen atoms in total. The molecule has 0 N–H and O–H groups in total. The topological polar surface area (TPSA) is 52.0 Å². The van der Waals surface area contributed by atoms with Gasteiger partial charge in [0.1, 0.15) is 5.82 Å². The van der Waals surface area contributed by atoms with Gasteiger partial charge < -0.3 is 4.57 Å². The largest absolute Gasteiger partial charge is 0.321 e. The molecular weight excluding hydrogens is 502 g/mol. The van der Waals surface area contributed by atoms with E-state index in [1.807, 2.05) is 13.0 Å². The van der Waals surface area contributed by atoms with Crippen molar-refractivity contribution in [3.8, 4) is 23.7 Å². The first-order valence-electron chi connectivity index (χ1n) is 12.9. The fraction of sp³-hybridized carbons (Fsp3) is 0.323. The minimum Gasteiger partial charge on any atom is -0.321 e. The summed E-state index contributed by atoms with van der Waals surface area (Å²) in [6.07, 6.45) is 7.06. The zero-order chi connectivity index (χ0) is 26.8. The fourth-order valence-corrected chi connectivity index (χ4v) is 6.30. The standard InChI is InChI=1S/C31H28F2N2O2S/c1-3-22-13-15-29(38-22)28(37)17-19-8-7-9-21(16-19)35-26-14-12-20(27(36)4-2)18-25(26)34-31(35)24-11-6-5-10-23(24)30(32)33/h1,5-6,10-15,18-19,21,30H,4,7-9,16-17H2,2H3/t19-,21+/m1/s1. The number of imidazole rings is 1. The van der Waals surface area contributed by atoms with Crippen molar-refractivity contribution in [1.29, 1.82) is 0 Å². The van der Waals surface area contributed by atoms with Crippen molar-refractivity contribution >= 4 is 33.9 Å². The van der Waals surface area contributed by atoms with E-state index in [4.69, 9.17) is 11.4 Å². The number of benzene rings is 2. The number of hydrogen-bond acceptors (Lipinski definition) is 4. The average molecular weight is 531 g/mol. The van der Waals surface area contributed by atoms with E-state index in [1.54, 1.807) is 42.5 Å². The lowest BCUT2D eigenvalue weighted by Crippen LogP contribution is -2.22. The zero-order valence-electron chi connectivity index (χ0n) is 21.1. The number of rotatable bonds is 8. The number of Topliss-reactive ketones (excluding diaryl/α,β-unsaturated/α-hetero) is 2. The SMILES string of the molecule is C#Cc1ccc(C(=O)C[C@@H]2CCC[C@H](n3c(-c4ccccc4C(F)F)nc4cc(C(=O)CC)ccc43)C2)s1. The van der Waals surface area contributed by atoms with E-state index < -0.39 is 6.43 Å². The van der Waals surface area contributed by atoms with Crippen LogP contribution in [-0.2, 0) is 0 Å². The Morgan fingerprint density at radius 3 is 2.68 bits per heavy atom. The molecule has 38 heavy (non-hydrogen) atoms. The lowest BCUT2D eigenvalue weighted by molar-refractivity contribution is 0.0944. The lowest BCUT2D eigenvalue weighted by Gasteiger charge is -2.31. The van der Waals surface area contributed by atoms with E-state index in [2.05, 4.69) is 10.5 Å². The summed E-state index contributed by atoms with van der Waals surface area (Å²) in [4.78, 5) is 31.6. The molecule has 1 aliphatic carbocycles. The van der Waals surface area contributed by atoms with Crippen LogP contribution in [0.3, 0.4) is 0 Å². The van der Waals surface area contributed by atoms with Crippen LogP contribution in [0, 0.1) is 18.3 Å². The molecule has 0 aliphatic heterocycles. The number of nitrogens with zero attached hydrogens (tertiary/aromatic N) is 2. The Hall–Kier alpha value is -3.63. The summed E-state index contributed by atoms with van der Waals surface area (Å²) in [5.74, 6) is 3.31. The van der Waals surface area contributed by atoms with Gasteiger partial charge in [0, 0.05) is 35.6 Å². The second-order valence-corrected chi connectivity index (χ2v) is 10.9. The monoisotopic (exact) mass is 530 g/mol. The molecule has 0 saturated heterocycles. The molecule has 1 fully saturated rings. The summed E-state index contributed by atoms with van der Waals surface area (Å²) in [5.41, 5.74) is 2.31. The number of terminal acetylenes is 1. The van der Waals surface area contributed by atoms with Gasteiger partial charge in [-0.05, 0) is 55.5 Å². The van der Waals surface area contributed by atoms with Crippen molar-refractivity contribution in [3.63, 3.8) is 0 Å². The number of halogens is 2. The van der Waals surface area contributed by atoms with Crippen LogP contribution in [0.2, 0.25) is 0 Å². The highest BCUT2D eigenvalue weighted by Gasteiger charge is 2.30. The number of alkyl halides is 2. The Bertz CT molecular complexity index is 1540. The third-order valence-electron chi connectivity index (χ3n) is 7.39. The van der Waals surface area contributed by atoms with Gasteiger partial charge in [0.15, 0.2) is 11.6 Å². The van der Waals surface area contributed by atoms with Crippen molar-refractivity contribution in [1.82, 2.24) is 9.55 Å². The molecule has 2 aromatic heterocycles. The average Bonchev–Trinajstić information content (AvgIpc) is 3.57. The number of carbonyl (C=O) groups is 2. The van der Waals surface area contributed by atoms with Crippen molar-refractivity contribution in [2.45, 2.75) is 57.9 Å². The van der Waals surface area contributed by atoms with Gasteiger partial charge in [-0.1, -0.05) is 43.5 Å². The number of carbonyl (C=O) groups excluding carboxylic acids is 2. The van der Waals surface area contributed by atoms with Gasteiger partial charge in [-0.2, -0.15) is 0 Å². The third kappa shape index (κ3) is 5.06. The van der Waals surface area contributed by atoms with Gasteiger partial charge >= 0.3 is 0 Å². The number of fused-ring (bicyclic) bond motifs is 1. The van der Waals surface area contributed by atoms with E-state index >= 15 is 0 Å². The van der Waals surface area contributed by atoms with Crippen LogP contribution in [0.15, 0.2) is 54.6 Å². The van der Waals surface area contributed by atoms with E-state index in [0.29, 0.717) is 40.2 Å². The van der Waals surface area contributed by atoms with Gasteiger partial charge in [-0.25, -0.2) is 13.8 Å². The summed E-state index contributed by atoms with van der Waals surface area (Å²) in [7, 11) is 0. The molecule has 5 rings (SSSR count). The number of aromatic nitrogens is 2. The summed E-state index contributed by atoms with van der Waals surface area (Å²) < 4.78 is 30.1. The predicted octanol–water partition coefficient (Wildman–Crippen LogP) is 8.28. The van der Waals surface area contributed by atoms with E-state index in [9.17, 15) is 18.4 Å². The molecule has 1 saturated carbocycles. The Balaban J connectivity index is 1.54. The third-order valence-corrected chi connectivity index (χ3v) is 8.44. The zero-order valence-corrected chi connectivity index (χ0v) is 21.9. The lowest BCUT2D eigenvalue weighted by atomic mass is 9.82. The number of thiophene rings is 1. The summed E-state index contributed by atoms with van der Waals surface area (Å²) in [5, 5.41) is 0. The second kappa shape index (κ2) is 11.0. The van der Waals surface area contributed by atoms with Crippen LogP contribution in [0.5, 0.6) is 0 Å². The molecule has 0 radical (unpaired) electrons. The molecule has 0 amide bonds. The minimum absolute atomic E-state index is 0.00814. The molecule has 0 spiro atoms. The Morgan fingerprint density at radius 2 is 1.95 bits per heavy atom. The summed E-state index contributed by atoms with van der Waals surface area (Å²) >= 11 is 1.34. The van der Waals surface area contributed by atoms with Gasteiger partial charge in [0.05, 0.1) is 20.8 Å². The second-order valence-electron chi connectivity index (χ2n) is 9.80. The van der Waals surface area contributed by atoms with Crippen molar-refractivity contribution < 1.29 is 18.4 Å². The van der Waals surface area contributed by atoms with Crippen molar-refractivity contribution in [3.05, 3.63) is 75.5 Å². The molecule has 7 heteroatoms. The van der Waals surface area contributed by atoms with Crippen molar-refractivity contribution in [2.24, 2.45) is 5.92 Å². The highest BCUT2D eigenvalue weighted by molar-refractivity contribution is 7.14. The Kier molecular flexibility index (Phi) is 7.53. The number of ketones is 2. The van der Waals surface area contributed by atoms with Gasteiger partial charge in [0.25, 0.3) is 6.43 Å². The van der Waals surface area contributed by atoms with Crippen LogP contribution < -0.4 is 0 Å². The molecule has 1 aliphatic rings. The van der Waals surface area contributed by atoms with Crippen molar-refractivity contribution in [2.75, 3.05) is 0 Å². The molecule has 194 valence electrons. The smallest absolute Gasteiger partial charge is 0.264 e. The summed E-state index contributed by atoms with van der Waals surface area (Å²) in [6, 6.07) is 15.5. The minimum atomic E-state index is -2.65. The van der Waals surface area contributed by atoms with Gasteiger partial charge in [-0.3, -0.25) is 9.59 Å². The van der Waals surface area contributed by atoms with E-state index in [1.165, 1.54) is 17.4 Å². The first-order valence-corrected chi connectivity index (χ1v) is 13.7. The normalized spacial score (nSPS) is 17.6. The van der Waals surface area contributed by atoms with Crippen LogP contribution in [0.4, 0.5) is 8.78 Å². The molecule has 4 aromatic rings. The predicted molar refractivity (Wildman–Crippen MR) is 147 cm³/mol. The van der Waals surface area contributed by atoms with E-state index in [0.717, 1.165) is 36.1 Å². The molecule has 0 unspecified atom stereocenters. The van der Waals surface area contributed by atoms with Crippen LogP contribution >= 0.6 is 11.3 Å². The number of hydrogen-bond donors (Lipinski definition) is 0. The molecule has 0 bridgehead atoms. The molecular formula is C31H28F2N2O2S. The molecule has 2 heterocycles. The summed E-state index contributed by atoms with van der Waals surface area (Å²) in [6.45, 7) is 1.81.